The molecule has 6 nitrogen and oxygen atoms in total. The fourth-order valence-electron chi connectivity index (χ4n) is 3.11. The van der Waals surface area contributed by atoms with E-state index in [1.54, 1.807) is 0 Å². The van der Waals surface area contributed by atoms with E-state index in [0.717, 1.165) is 36.3 Å². The summed E-state index contributed by atoms with van der Waals surface area (Å²) in [7, 11) is 0. The van der Waals surface area contributed by atoms with Crippen LogP contribution in [0.1, 0.15) is 33.6 Å². The molecule has 0 fully saturated rings. The maximum absolute atomic E-state index is 11.7. The molecule has 2 aromatic carbocycles. The normalized spacial score (nSPS) is 10.7. The number of fused-ring (bicyclic) bond motifs is 1. The van der Waals surface area contributed by atoms with E-state index < -0.39 is 0 Å². The average molecular weight is 411 g/mol. The van der Waals surface area contributed by atoms with Gasteiger partial charge in [0.05, 0.1) is 0 Å². The van der Waals surface area contributed by atoms with Crippen LogP contribution in [0.4, 0.5) is 11.4 Å². The van der Waals surface area contributed by atoms with Crippen LogP contribution in [0.25, 0.3) is 22.6 Å². The number of thiocarbonyl (C=S) groups is 1. The first-order valence-corrected chi connectivity index (χ1v) is 10.3. The molecule has 0 spiro atoms. The van der Waals surface area contributed by atoms with Gasteiger partial charge in [0.15, 0.2) is 10.7 Å². The Labute approximate surface area is 176 Å². The second-order valence-electron chi connectivity index (χ2n) is 6.67. The highest BCUT2D eigenvalue weighted by atomic mass is 32.1. The zero-order valence-corrected chi connectivity index (χ0v) is 17.8. The van der Waals surface area contributed by atoms with E-state index in [-0.39, 0.29) is 11.0 Å². The summed E-state index contributed by atoms with van der Waals surface area (Å²) in [5.74, 6) is 0.477. The van der Waals surface area contributed by atoms with Crippen molar-refractivity contribution >= 4 is 45.7 Å². The molecule has 0 aliphatic rings. The van der Waals surface area contributed by atoms with Gasteiger partial charge in [-0.15, -0.1) is 0 Å². The Bertz CT molecular complexity index is 994. The lowest BCUT2D eigenvalue weighted by atomic mass is 10.2. The van der Waals surface area contributed by atoms with Crippen molar-refractivity contribution in [3.05, 3.63) is 42.5 Å². The van der Waals surface area contributed by atoms with E-state index >= 15 is 0 Å². The highest BCUT2D eigenvalue weighted by molar-refractivity contribution is 7.80. The summed E-state index contributed by atoms with van der Waals surface area (Å²) in [5.41, 5.74) is 4.27. The van der Waals surface area contributed by atoms with E-state index in [4.69, 9.17) is 16.6 Å². The number of nitrogens with zero attached hydrogens (tertiary/aromatic N) is 2. The number of benzene rings is 2. The zero-order valence-electron chi connectivity index (χ0n) is 17.0. The van der Waals surface area contributed by atoms with Gasteiger partial charge in [-0.2, -0.15) is 0 Å². The van der Waals surface area contributed by atoms with Crippen molar-refractivity contribution in [3.8, 4) is 11.5 Å². The zero-order chi connectivity index (χ0) is 20.8. The minimum absolute atomic E-state index is 0.0945. The quantitative estimate of drug-likeness (QED) is 0.537. The molecule has 0 aliphatic heterocycles. The minimum Gasteiger partial charge on any atom is -0.436 e. The molecule has 1 aromatic heterocycles. The van der Waals surface area contributed by atoms with E-state index in [0.29, 0.717) is 17.9 Å². The number of oxazole rings is 1. The van der Waals surface area contributed by atoms with Gasteiger partial charge in [0.25, 0.3) is 0 Å². The smallest absolute Gasteiger partial charge is 0.227 e. The maximum Gasteiger partial charge on any atom is 0.227 e. The molecule has 152 valence electrons. The van der Waals surface area contributed by atoms with Crippen LogP contribution in [0.15, 0.2) is 46.9 Å². The molecule has 1 heterocycles. The Balaban J connectivity index is 1.75. The van der Waals surface area contributed by atoms with Crippen molar-refractivity contribution < 1.29 is 9.21 Å². The van der Waals surface area contributed by atoms with Gasteiger partial charge in [-0.25, -0.2) is 4.98 Å². The molecule has 0 unspecified atom stereocenters. The number of aromatic nitrogens is 1. The van der Waals surface area contributed by atoms with E-state index in [1.807, 2.05) is 37.3 Å². The first-order valence-electron chi connectivity index (χ1n) is 9.90. The first kappa shape index (κ1) is 20.8. The molecule has 0 saturated carbocycles. The Morgan fingerprint density at radius 1 is 1.10 bits per heavy atom. The topological polar surface area (TPSA) is 70.4 Å². The van der Waals surface area contributed by atoms with Crippen LogP contribution < -0.4 is 15.5 Å². The standard InChI is InChI=1S/C22H26N4O2S/c1-4-7-20(27)25-22(29)23-16-10-13-19-18(14-16)24-21(28-19)15-8-11-17(12-9-15)26(5-2)6-3/h8-14H,4-7H2,1-3H3,(H2,23,25,27,29). The summed E-state index contributed by atoms with van der Waals surface area (Å²) >= 11 is 5.19. The lowest BCUT2D eigenvalue weighted by Gasteiger charge is -2.20. The molecule has 0 radical (unpaired) electrons. The molecule has 0 atom stereocenters. The summed E-state index contributed by atoms with van der Waals surface area (Å²) in [6.45, 7) is 8.17. The lowest BCUT2D eigenvalue weighted by molar-refractivity contribution is -0.119. The Morgan fingerprint density at radius 3 is 2.48 bits per heavy atom. The van der Waals surface area contributed by atoms with Gasteiger partial charge in [0, 0.05) is 36.4 Å². The van der Waals surface area contributed by atoms with Gasteiger partial charge in [0.1, 0.15) is 5.52 Å². The van der Waals surface area contributed by atoms with Crippen molar-refractivity contribution in [1.29, 1.82) is 0 Å². The van der Waals surface area contributed by atoms with Gasteiger partial charge in [-0.3, -0.25) is 4.79 Å². The Hall–Kier alpha value is -2.93. The van der Waals surface area contributed by atoms with Gasteiger partial charge in [-0.05, 0) is 75.0 Å². The van der Waals surface area contributed by atoms with Crippen LogP contribution >= 0.6 is 12.2 Å². The SMILES string of the molecule is CCCC(=O)NC(=S)Nc1ccc2oc(-c3ccc(N(CC)CC)cc3)nc2c1. The molecule has 3 aromatic rings. The van der Waals surface area contributed by atoms with Crippen molar-refractivity contribution in [1.82, 2.24) is 10.3 Å². The number of anilines is 2. The summed E-state index contributed by atoms with van der Waals surface area (Å²) < 4.78 is 5.91. The summed E-state index contributed by atoms with van der Waals surface area (Å²) in [4.78, 5) is 18.5. The highest BCUT2D eigenvalue weighted by Gasteiger charge is 2.11. The molecule has 2 N–H and O–H groups in total. The molecular weight excluding hydrogens is 384 g/mol. The molecule has 0 bridgehead atoms. The molecule has 0 aliphatic carbocycles. The third-order valence-corrected chi connectivity index (χ3v) is 4.82. The molecule has 0 saturated heterocycles. The van der Waals surface area contributed by atoms with Gasteiger partial charge < -0.3 is 20.0 Å². The van der Waals surface area contributed by atoms with Gasteiger partial charge >= 0.3 is 0 Å². The predicted molar refractivity (Wildman–Crippen MR) is 122 cm³/mol. The minimum atomic E-state index is -0.0945. The Morgan fingerprint density at radius 2 is 1.83 bits per heavy atom. The van der Waals surface area contributed by atoms with E-state index in [2.05, 4.69) is 46.5 Å². The summed E-state index contributed by atoms with van der Waals surface area (Å²) in [6.07, 6.45) is 1.22. The molecule has 29 heavy (non-hydrogen) atoms. The third kappa shape index (κ3) is 5.12. The maximum atomic E-state index is 11.7. The number of rotatable bonds is 7. The fraction of sp³-hybridized carbons (Fsp3) is 0.318. The number of hydrogen-bond acceptors (Lipinski definition) is 5. The van der Waals surface area contributed by atoms with Crippen LogP contribution in [-0.4, -0.2) is 29.1 Å². The lowest BCUT2D eigenvalue weighted by Crippen LogP contribution is -2.33. The average Bonchev–Trinajstić information content (AvgIpc) is 3.13. The second kappa shape index (κ2) is 9.52. The van der Waals surface area contributed by atoms with Crippen LogP contribution in [0, 0.1) is 0 Å². The van der Waals surface area contributed by atoms with Crippen molar-refractivity contribution in [3.63, 3.8) is 0 Å². The van der Waals surface area contributed by atoms with Crippen molar-refractivity contribution in [2.24, 2.45) is 0 Å². The van der Waals surface area contributed by atoms with Crippen molar-refractivity contribution in [2.75, 3.05) is 23.3 Å². The molecule has 1 amide bonds. The van der Waals surface area contributed by atoms with E-state index in [9.17, 15) is 4.79 Å². The van der Waals surface area contributed by atoms with Gasteiger partial charge in [-0.1, -0.05) is 6.92 Å². The van der Waals surface area contributed by atoms with Gasteiger partial charge in [0.2, 0.25) is 11.8 Å². The summed E-state index contributed by atoms with van der Waals surface area (Å²) in [5, 5.41) is 5.96. The highest BCUT2D eigenvalue weighted by Crippen LogP contribution is 2.27. The van der Waals surface area contributed by atoms with E-state index in [1.165, 1.54) is 5.69 Å². The number of carbonyl (C=O) groups excluding carboxylic acids is 1. The van der Waals surface area contributed by atoms with Crippen LogP contribution in [0.3, 0.4) is 0 Å². The fourth-order valence-corrected chi connectivity index (χ4v) is 3.34. The third-order valence-electron chi connectivity index (χ3n) is 4.62. The van der Waals surface area contributed by atoms with Crippen LogP contribution in [-0.2, 0) is 4.79 Å². The number of amides is 1. The number of nitrogens with one attached hydrogen (secondary N) is 2. The number of carbonyl (C=O) groups is 1. The van der Waals surface area contributed by atoms with Crippen LogP contribution in [0.5, 0.6) is 0 Å². The predicted octanol–water partition coefficient (Wildman–Crippen LogP) is 4.95. The first-order chi connectivity index (χ1) is 14.0. The monoisotopic (exact) mass is 410 g/mol. The van der Waals surface area contributed by atoms with Crippen LogP contribution in [0.2, 0.25) is 0 Å². The largest absolute Gasteiger partial charge is 0.436 e. The summed E-state index contributed by atoms with van der Waals surface area (Å²) in [6, 6.07) is 13.8. The molecule has 7 heteroatoms. The second-order valence-corrected chi connectivity index (χ2v) is 7.08. The molecule has 3 rings (SSSR count). The van der Waals surface area contributed by atoms with Crippen molar-refractivity contribution in [2.45, 2.75) is 33.6 Å². The molecular formula is C22H26N4O2S. The Kier molecular flexibility index (Phi) is 6.82. The number of hydrogen-bond donors (Lipinski definition) is 2.